The number of primary amides is 1. The molecule has 0 aromatic carbocycles. The summed E-state index contributed by atoms with van der Waals surface area (Å²) in [4.78, 5) is 22.2. The molecule has 1 aromatic rings. The number of amides is 1. The molecule has 1 atom stereocenters. The number of nitrogens with zero attached hydrogens (tertiary/aromatic N) is 3. The molecule has 1 aliphatic heterocycles. The van der Waals surface area contributed by atoms with Crippen LogP contribution in [0.25, 0.3) is 0 Å². The molecule has 5 N–H and O–H groups in total. The molecule has 0 spiro atoms. The summed E-state index contributed by atoms with van der Waals surface area (Å²) in [5, 5.41) is 0. The zero-order chi connectivity index (χ0) is 14.0. The van der Waals surface area contributed by atoms with Crippen LogP contribution >= 0.6 is 0 Å². The second kappa shape index (κ2) is 5.40. The van der Waals surface area contributed by atoms with Crippen molar-refractivity contribution in [1.82, 2.24) is 9.97 Å². The fourth-order valence-electron chi connectivity index (χ4n) is 2.27. The van der Waals surface area contributed by atoms with E-state index in [2.05, 4.69) is 15.4 Å². The van der Waals surface area contributed by atoms with Gasteiger partial charge in [0.1, 0.15) is 23.5 Å². The second-order valence-electron chi connectivity index (χ2n) is 5.02. The summed E-state index contributed by atoms with van der Waals surface area (Å²) in [6.45, 7) is 4.79. The first-order valence-corrected chi connectivity index (χ1v) is 6.44. The largest absolute Gasteiger partial charge is 0.368 e. The second-order valence-corrected chi connectivity index (χ2v) is 5.02. The Bertz CT molecular complexity index is 475. The number of hydrazine groups is 1. The van der Waals surface area contributed by atoms with Crippen LogP contribution in [0.1, 0.15) is 38.4 Å². The summed E-state index contributed by atoms with van der Waals surface area (Å²) < 4.78 is 0. The van der Waals surface area contributed by atoms with Crippen LogP contribution in [0.4, 0.5) is 11.6 Å². The van der Waals surface area contributed by atoms with Gasteiger partial charge in [-0.05, 0) is 12.8 Å². The van der Waals surface area contributed by atoms with Gasteiger partial charge in [-0.1, -0.05) is 13.8 Å². The number of anilines is 2. The molecular formula is C12H20N6O. The lowest BCUT2D eigenvalue weighted by Gasteiger charge is -2.24. The number of aromatic nitrogens is 2. The van der Waals surface area contributed by atoms with Crippen molar-refractivity contribution in [3.05, 3.63) is 11.9 Å². The monoisotopic (exact) mass is 264 g/mol. The van der Waals surface area contributed by atoms with E-state index in [9.17, 15) is 4.79 Å². The Morgan fingerprint density at radius 2 is 2.26 bits per heavy atom. The van der Waals surface area contributed by atoms with Crippen molar-refractivity contribution >= 4 is 17.5 Å². The lowest BCUT2D eigenvalue weighted by Crippen LogP contribution is -2.41. The Labute approximate surface area is 112 Å². The zero-order valence-electron chi connectivity index (χ0n) is 11.3. The molecule has 1 aliphatic rings. The molecule has 0 radical (unpaired) electrons. The van der Waals surface area contributed by atoms with Gasteiger partial charge in [-0.2, -0.15) is 0 Å². The standard InChI is InChI=1S/C12H20N6O/c1-7(2)12-15-9(17-14)6-10(16-12)18-5-3-4-8(18)11(13)19/h6-8H,3-5,14H2,1-2H3,(H2,13,19)(H,15,16,17). The molecule has 19 heavy (non-hydrogen) atoms. The van der Waals surface area contributed by atoms with Crippen LogP contribution in [-0.2, 0) is 4.79 Å². The summed E-state index contributed by atoms with van der Waals surface area (Å²) in [6.07, 6.45) is 1.70. The van der Waals surface area contributed by atoms with E-state index in [-0.39, 0.29) is 17.9 Å². The molecule has 7 heteroatoms. The van der Waals surface area contributed by atoms with Gasteiger partial charge >= 0.3 is 0 Å². The van der Waals surface area contributed by atoms with Crippen molar-refractivity contribution in [2.45, 2.75) is 38.6 Å². The first kappa shape index (κ1) is 13.5. The van der Waals surface area contributed by atoms with Gasteiger partial charge in [0.25, 0.3) is 0 Å². The van der Waals surface area contributed by atoms with Crippen molar-refractivity contribution in [2.24, 2.45) is 11.6 Å². The third-order valence-corrected chi connectivity index (χ3v) is 3.27. The van der Waals surface area contributed by atoms with Gasteiger partial charge in [0.15, 0.2) is 0 Å². The number of hydrogen-bond donors (Lipinski definition) is 3. The molecule has 1 saturated heterocycles. The Balaban J connectivity index is 2.38. The zero-order valence-corrected chi connectivity index (χ0v) is 11.3. The van der Waals surface area contributed by atoms with Crippen LogP contribution in [-0.4, -0.2) is 28.5 Å². The van der Waals surface area contributed by atoms with Gasteiger partial charge in [0.05, 0.1) is 0 Å². The fourth-order valence-corrected chi connectivity index (χ4v) is 2.27. The van der Waals surface area contributed by atoms with Crippen molar-refractivity contribution in [1.29, 1.82) is 0 Å². The lowest BCUT2D eigenvalue weighted by atomic mass is 10.2. The Morgan fingerprint density at radius 3 is 2.84 bits per heavy atom. The van der Waals surface area contributed by atoms with Gasteiger partial charge in [-0.25, -0.2) is 15.8 Å². The lowest BCUT2D eigenvalue weighted by molar-refractivity contribution is -0.119. The number of carbonyl (C=O) groups excluding carboxylic acids is 1. The minimum absolute atomic E-state index is 0.182. The SMILES string of the molecule is CC(C)c1nc(NN)cc(N2CCCC2C(N)=O)n1. The molecule has 1 fully saturated rings. The van der Waals surface area contributed by atoms with Crippen LogP contribution in [0.2, 0.25) is 0 Å². The molecule has 1 unspecified atom stereocenters. The summed E-state index contributed by atoms with van der Waals surface area (Å²) in [5.41, 5.74) is 7.97. The minimum atomic E-state index is -0.315. The smallest absolute Gasteiger partial charge is 0.240 e. The van der Waals surface area contributed by atoms with E-state index in [1.165, 1.54) is 0 Å². The highest BCUT2D eigenvalue weighted by molar-refractivity contribution is 5.84. The van der Waals surface area contributed by atoms with E-state index in [1.54, 1.807) is 6.07 Å². The maximum absolute atomic E-state index is 11.5. The molecule has 7 nitrogen and oxygen atoms in total. The number of carbonyl (C=O) groups is 1. The molecule has 1 aromatic heterocycles. The molecule has 0 bridgehead atoms. The average Bonchev–Trinajstić information content (AvgIpc) is 2.87. The average molecular weight is 264 g/mol. The van der Waals surface area contributed by atoms with E-state index in [0.29, 0.717) is 17.5 Å². The highest BCUT2D eigenvalue weighted by atomic mass is 16.1. The Kier molecular flexibility index (Phi) is 3.84. The molecule has 0 aliphatic carbocycles. The van der Waals surface area contributed by atoms with Crippen LogP contribution in [0.3, 0.4) is 0 Å². The summed E-state index contributed by atoms with van der Waals surface area (Å²) in [6, 6.07) is 1.45. The maximum atomic E-state index is 11.5. The number of hydrogen-bond acceptors (Lipinski definition) is 6. The predicted octanol–water partition coefficient (Wildman–Crippen LogP) is 0.340. The van der Waals surface area contributed by atoms with E-state index in [0.717, 1.165) is 19.4 Å². The van der Waals surface area contributed by atoms with Gasteiger partial charge in [0, 0.05) is 18.5 Å². The van der Waals surface area contributed by atoms with E-state index < -0.39 is 0 Å². The first-order chi connectivity index (χ1) is 9.02. The van der Waals surface area contributed by atoms with Gasteiger partial charge in [0.2, 0.25) is 5.91 Å². The quantitative estimate of drug-likeness (QED) is 0.534. The van der Waals surface area contributed by atoms with Gasteiger partial charge < -0.3 is 16.1 Å². The topological polar surface area (TPSA) is 110 Å². The molecule has 2 heterocycles. The summed E-state index contributed by atoms with van der Waals surface area (Å²) in [5.74, 6) is 7.24. The number of rotatable bonds is 4. The third kappa shape index (κ3) is 2.76. The fraction of sp³-hybridized carbons (Fsp3) is 0.583. The van der Waals surface area contributed by atoms with Crippen LogP contribution in [0.15, 0.2) is 6.07 Å². The van der Waals surface area contributed by atoms with E-state index >= 15 is 0 Å². The van der Waals surface area contributed by atoms with Crippen LogP contribution in [0, 0.1) is 0 Å². The molecule has 104 valence electrons. The van der Waals surface area contributed by atoms with E-state index in [4.69, 9.17) is 11.6 Å². The third-order valence-electron chi connectivity index (χ3n) is 3.27. The Hall–Kier alpha value is -1.89. The van der Waals surface area contributed by atoms with Crippen molar-refractivity contribution in [3.8, 4) is 0 Å². The normalized spacial score (nSPS) is 18.9. The minimum Gasteiger partial charge on any atom is -0.368 e. The summed E-state index contributed by atoms with van der Waals surface area (Å²) >= 11 is 0. The molecule has 0 saturated carbocycles. The van der Waals surface area contributed by atoms with Gasteiger partial charge in [-0.15, -0.1) is 0 Å². The molecule has 1 amide bonds. The predicted molar refractivity (Wildman–Crippen MR) is 73.5 cm³/mol. The Morgan fingerprint density at radius 1 is 1.53 bits per heavy atom. The van der Waals surface area contributed by atoms with Crippen molar-refractivity contribution in [3.63, 3.8) is 0 Å². The van der Waals surface area contributed by atoms with Crippen molar-refractivity contribution < 1.29 is 4.79 Å². The highest BCUT2D eigenvalue weighted by Crippen LogP contribution is 2.26. The molecule has 2 rings (SSSR count). The highest BCUT2D eigenvalue weighted by Gasteiger charge is 2.30. The maximum Gasteiger partial charge on any atom is 0.240 e. The first-order valence-electron chi connectivity index (χ1n) is 6.44. The van der Waals surface area contributed by atoms with Crippen LogP contribution < -0.4 is 21.9 Å². The van der Waals surface area contributed by atoms with Crippen LogP contribution in [0.5, 0.6) is 0 Å². The molecular weight excluding hydrogens is 244 g/mol. The number of nitrogen functional groups attached to an aromatic ring is 1. The number of nitrogens with two attached hydrogens (primary N) is 2. The van der Waals surface area contributed by atoms with Crippen molar-refractivity contribution in [2.75, 3.05) is 16.9 Å². The summed E-state index contributed by atoms with van der Waals surface area (Å²) in [7, 11) is 0. The number of nitrogens with one attached hydrogen (secondary N) is 1. The van der Waals surface area contributed by atoms with E-state index in [1.807, 2.05) is 18.7 Å². The van der Waals surface area contributed by atoms with Gasteiger partial charge in [-0.3, -0.25) is 4.79 Å².